The molecule has 1 aromatic heterocycles. The van der Waals surface area contributed by atoms with Gasteiger partial charge in [-0.2, -0.15) is 0 Å². The van der Waals surface area contributed by atoms with Crippen molar-refractivity contribution in [2.45, 2.75) is 44.1 Å². The molecule has 4 heteroatoms. The second-order valence-electron chi connectivity index (χ2n) is 4.84. The minimum absolute atomic E-state index is 0.378. The Morgan fingerprint density at radius 1 is 1.18 bits per heavy atom. The van der Waals surface area contributed by atoms with Crippen LogP contribution in [0.3, 0.4) is 0 Å². The molecule has 3 rings (SSSR count). The first kappa shape index (κ1) is 11.0. The van der Waals surface area contributed by atoms with E-state index in [-0.39, 0.29) is 0 Å². The average Bonchev–Trinajstić information content (AvgIpc) is 2.35. The second-order valence-corrected chi connectivity index (χ2v) is 4.84. The Kier molecular flexibility index (Phi) is 3.22. The van der Waals surface area contributed by atoms with Crippen LogP contribution in [0.5, 0.6) is 5.88 Å². The molecule has 2 aliphatic rings. The normalized spacial score (nSPS) is 22.1. The Hall–Kier alpha value is -1.16. The van der Waals surface area contributed by atoms with Crippen LogP contribution in [0.1, 0.15) is 43.6 Å². The Morgan fingerprint density at radius 2 is 2.00 bits per heavy atom. The molecule has 2 heterocycles. The molecule has 0 radical (unpaired) electrons. The van der Waals surface area contributed by atoms with Crippen molar-refractivity contribution in [1.29, 1.82) is 0 Å². The summed E-state index contributed by atoms with van der Waals surface area (Å²) in [7, 11) is 0. The van der Waals surface area contributed by atoms with Gasteiger partial charge in [-0.15, -0.1) is 0 Å². The van der Waals surface area contributed by atoms with Crippen molar-refractivity contribution in [3.63, 3.8) is 0 Å². The fourth-order valence-electron chi connectivity index (χ4n) is 2.36. The molecule has 2 fully saturated rings. The van der Waals surface area contributed by atoms with E-state index in [1.54, 1.807) is 6.33 Å². The fourth-order valence-corrected chi connectivity index (χ4v) is 2.36. The Labute approximate surface area is 101 Å². The Morgan fingerprint density at radius 3 is 2.71 bits per heavy atom. The molecule has 1 aliphatic heterocycles. The lowest BCUT2D eigenvalue weighted by atomic mass is 9.93. The minimum atomic E-state index is 0.378. The number of rotatable bonds is 3. The number of ether oxygens (including phenoxy) is 2. The highest BCUT2D eigenvalue weighted by molar-refractivity contribution is 5.27. The van der Waals surface area contributed by atoms with Crippen LogP contribution in [0.2, 0.25) is 0 Å². The second kappa shape index (κ2) is 5.00. The summed E-state index contributed by atoms with van der Waals surface area (Å²) in [6.07, 6.45) is 9.58. The van der Waals surface area contributed by atoms with E-state index >= 15 is 0 Å². The molecule has 1 aromatic rings. The van der Waals surface area contributed by atoms with E-state index in [2.05, 4.69) is 9.97 Å². The highest BCUT2D eigenvalue weighted by atomic mass is 16.5. The molecule has 4 nitrogen and oxygen atoms in total. The van der Waals surface area contributed by atoms with Gasteiger partial charge in [0, 0.05) is 25.0 Å². The Balaban J connectivity index is 1.76. The summed E-state index contributed by atoms with van der Waals surface area (Å²) in [5.41, 5.74) is 1.17. The number of nitrogens with zero attached hydrogens (tertiary/aromatic N) is 2. The minimum Gasteiger partial charge on any atom is -0.474 e. The summed E-state index contributed by atoms with van der Waals surface area (Å²) in [5, 5.41) is 0. The van der Waals surface area contributed by atoms with Gasteiger partial charge in [0.15, 0.2) is 0 Å². The lowest BCUT2D eigenvalue weighted by Gasteiger charge is -2.28. The molecule has 0 amide bonds. The summed E-state index contributed by atoms with van der Waals surface area (Å²) in [4.78, 5) is 8.44. The van der Waals surface area contributed by atoms with E-state index in [4.69, 9.17) is 9.47 Å². The van der Waals surface area contributed by atoms with Gasteiger partial charge >= 0.3 is 0 Å². The van der Waals surface area contributed by atoms with Crippen LogP contribution in [0.4, 0.5) is 0 Å². The molecule has 0 unspecified atom stereocenters. The first-order valence-corrected chi connectivity index (χ1v) is 6.48. The van der Waals surface area contributed by atoms with E-state index in [0.717, 1.165) is 44.8 Å². The molecule has 0 N–H and O–H groups in total. The maximum Gasteiger partial charge on any atom is 0.220 e. The lowest BCUT2D eigenvalue weighted by Crippen LogP contribution is -2.26. The molecule has 1 saturated carbocycles. The predicted octanol–water partition coefficient (Wildman–Crippen LogP) is 2.30. The van der Waals surface area contributed by atoms with Gasteiger partial charge in [0.2, 0.25) is 5.88 Å². The van der Waals surface area contributed by atoms with Gasteiger partial charge in [0.05, 0.1) is 0 Å². The van der Waals surface area contributed by atoms with Gasteiger partial charge in [-0.3, -0.25) is 0 Å². The average molecular weight is 234 g/mol. The monoisotopic (exact) mass is 234 g/mol. The molecular formula is C13H18N2O2. The summed E-state index contributed by atoms with van der Waals surface area (Å²) < 4.78 is 11.3. The standard InChI is InChI=1S/C13H18N2O2/c1-2-11(3-1)17-13-12(8-14-9-15-13)10-4-6-16-7-5-10/h8-11H,1-7H2. The fraction of sp³-hybridized carbons (Fsp3) is 0.692. The van der Waals surface area contributed by atoms with Crippen LogP contribution >= 0.6 is 0 Å². The molecule has 0 spiro atoms. The number of aromatic nitrogens is 2. The van der Waals surface area contributed by atoms with Crippen molar-refractivity contribution in [2.75, 3.05) is 13.2 Å². The Bertz CT molecular complexity index is 373. The topological polar surface area (TPSA) is 44.2 Å². The van der Waals surface area contributed by atoms with Gasteiger partial charge in [0.1, 0.15) is 12.4 Å². The van der Waals surface area contributed by atoms with Crippen molar-refractivity contribution in [2.24, 2.45) is 0 Å². The summed E-state index contributed by atoms with van der Waals surface area (Å²) >= 11 is 0. The SMILES string of the molecule is c1ncc(C2CCOCC2)c(OC2CCC2)n1. The van der Waals surface area contributed by atoms with E-state index in [9.17, 15) is 0 Å². The summed E-state index contributed by atoms with van der Waals surface area (Å²) in [6.45, 7) is 1.67. The lowest BCUT2D eigenvalue weighted by molar-refractivity contribution is 0.0808. The van der Waals surface area contributed by atoms with Crippen LogP contribution in [-0.4, -0.2) is 29.3 Å². The van der Waals surface area contributed by atoms with Crippen LogP contribution in [0, 0.1) is 0 Å². The first-order valence-electron chi connectivity index (χ1n) is 6.48. The predicted molar refractivity (Wildman–Crippen MR) is 63.1 cm³/mol. The van der Waals surface area contributed by atoms with E-state index < -0.39 is 0 Å². The first-order chi connectivity index (χ1) is 8.43. The molecule has 1 aliphatic carbocycles. The quantitative estimate of drug-likeness (QED) is 0.805. The van der Waals surface area contributed by atoms with E-state index in [0.29, 0.717) is 12.0 Å². The molecule has 92 valence electrons. The third-order valence-corrected chi connectivity index (χ3v) is 3.69. The molecule has 17 heavy (non-hydrogen) atoms. The molecule has 1 saturated heterocycles. The highest BCUT2D eigenvalue weighted by Gasteiger charge is 2.25. The van der Waals surface area contributed by atoms with Crippen molar-refractivity contribution in [3.05, 3.63) is 18.1 Å². The van der Waals surface area contributed by atoms with Gasteiger partial charge in [-0.1, -0.05) is 0 Å². The molecule has 0 aromatic carbocycles. The smallest absolute Gasteiger partial charge is 0.220 e. The third kappa shape index (κ3) is 2.41. The zero-order chi connectivity index (χ0) is 11.5. The third-order valence-electron chi connectivity index (χ3n) is 3.69. The van der Waals surface area contributed by atoms with Crippen molar-refractivity contribution < 1.29 is 9.47 Å². The van der Waals surface area contributed by atoms with E-state index in [1.807, 2.05) is 6.20 Å². The zero-order valence-corrected chi connectivity index (χ0v) is 9.97. The van der Waals surface area contributed by atoms with Gasteiger partial charge in [-0.05, 0) is 38.0 Å². The summed E-state index contributed by atoms with van der Waals surface area (Å²) in [6, 6.07) is 0. The van der Waals surface area contributed by atoms with Gasteiger partial charge in [0.25, 0.3) is 0 Å². The van der Waals surface area contributed by atoms with Crippen molar-refractivity contribution in [3.8, 4) is 5.88 Å². The largest absolute Gasteiger partial charge is 0.474 e. The van der Waals surface area contributed by atoms with Crippen LogP contribution in [0.15, 0.2) is 12.5 Å². The van der Waals surface area contributed by atoms with Gasteiger partial charge in [-0.25, -0.2) is 9.97 Å². The van der Waals surface area contributed by atoms with Crippen LogP contribution in [0.25, 0.3) is 0 Å². The maximum atomic E-state index is 5.94. The highest BCUT2D eigenvalue weighted by Crippen LogP contribution is 2.33. The number of hydrogen-bond acceptors (Lipinski definition) is 4. The zero-order valence-electron chi connectivity index (χ0n) is 9.97. The maximum absolute atomic E-state index is 5.94. The van der Waals surface area contributed by atoms with Gasteiger partial charge < -0.3 is 9.47 Å². The van der Waals surface area contributed by atoms with E-state index in [1.165, 1.54) is 12.0 Å². The summed E-state index contributed by atoms with van der Waals surface area (Å²) in [5.74, 6) is 1.30. The number of hydrogen-bond donors (Lipinski definition) is 0. The molecule has 0 atom stereocenters. The van der Waals surface area contributed by atoms with Crippen molar-refractivity contribution >= 4 is 0 Å². The van der Waals surface area contributed by atoms with Crippen LogP contribution < -0.4 is 4.74 Å². The molecule has 0 bridgehead atoms. The van der Waals surface area contributed by atoms with Crippen molar-refractivity contribution in [1.82, 2.24) is 9.97 Å². The van der Waals surface area contributed by atoms with Crippen LogP contribution in [-0.2, 0) is 4.74 Å². The molecular weight excluding hydrogens is 216 g/mol.